The van der Waals surface area contributed by atoms with Crippen molar-refractivity contribution in [2.75, 3.05) is 24.5 Å². The van der Waals surface area contributed by atoms with Gasteiger partial charge in [-0.25, -0.2) is 4.79 Å². The van der Waals surface area contributed by atoms with Gasteiger partial charge in [0.25, 0.3) is 0 Å². The summed E-state index contributed by atoms with van der Waals surface area (Å²) in [5, 5.41) is 5.82. The van der Waals surface area contributed by atoms with E-state index in [1.54, 1.807) is 0 Å². The van der Waals surface area contributed by atoms with Crippen LogP contribution in [0.5, 0.6) is 0 Å². The normalized spacial score (nSPS) is 19.6. The number of hydrogen-bond donors (Lipinski definition) is 2. The largest absolute Gasteiger partial charge is 0.371 e. The van der Waals surface area contributed by atoms with Crippen molar-refractivity contribution < 1.29 is 4.79 Å². The van der Waals surface area contributed by atoms with Gasteiger partial charge in [-0.3, -0.25) is 0 Å². The number of nitrogens with zero attached hydrogens (tertiary/aromatic N) is 1. The standard InChI is InChI=1S/C18H29N3O/c1-4-11-19-18(22)20-15(3)16-7-9-17(10-8-16)21-12-5-6-14(2)13-21/h7-10,14-15H,4-6,11-13H2,1-3H3,(H2,19,20,22)/t14-,15+/m0/s1. The van der Waals surface area contributed by atoms with Gasteiger partial charge in [0, 0.05) is 25.3 Å². The molecule has 1 aliphatic rings. The number of carbonyl (C=O) groups excluding carboxylic acids is 1. The first-order valence-corrected chi connectivity index (χ1v) is 8.49. The van der Waals surface area contributed by atoms with Crippen LogP contribution in [0.1, 0.15) is 51.6 Å². The number of rotatable bonds is 5. The molecule has 1 heterocycles. The number of benzene rings is 1. The Kier molecular flexibility index (Phi) is 6.10. The number of urea groups is 1. The molecule has 1 aromatic carbocycles. The number of hydrogen-bond acceptors (Lipinski definition) is 2. The summed E-state index contributed by atoms with van der Waals surface area (Å²) in [7, 11) is 0. The molecule has 0 aromatic heterocycles. The molecule has 0 spiro atoms. The molecule has 0 radical (unpaired) electrons. The Labute approximate surface area is 134 Å². The highest BCUT2D eigenvalue weighted by molar-refractivity contribution is 5.74. The maximum absolute atomic E-state index is 11.7. The third-order valence-electron chi connectivity index (χ3n) is 4.30. The zero-order valence-corrected chi connectivity index (χ0v) is 14.1. The van der Waals surface area contributed by atoms with E-state index in [1.807, 2.05) is 13.8 Å². The Morgan fingerprint density at radius 2 is 2.09 bits per heavy atom. The summed E-state index contributed by atoms with van der Waals surface area (Å²) in [4.78, 5) is 14.2. The zero-order valence-electron chi connectivity index (χ0n) is 14.1. The molecule has 2 N–H and O–H groups in total. The summed E-state index contributed by atoms with van der Waals surface area (Å²) in [6, 6.07) is 8.53. The van der Waals surface area contributed by atoms with Gasteiger partial charge in [0.05, 0.1) is 6.04 Å². The average molecular weight is 303 g/mol. The van der Waals surface area contributed by atoms with Crippen LogP contribution in [0.2, 0.25) is 0 Å². The van der Waals surface area contributed by atoms with Gasteiger partial charge in [-0.1, -0.05) is 26.0 Å². The van der Waals surface area contributed by atoms with E-state index in [4.69, 9.17) is 0 Å². The van der Waals surface area contributed by atoms with Gasteiger partial charge >= 0.3 is 6.03 Å². The van der Waals surface area contributed by atoms with E-state index in [0.29, 0.717) is 6.54 Å². The molecule has 122 valence electrons. The fourth-order valence-corrected chi connectivity index (χ4v) is 2.97. The van der Waals surface area contributed by atoms with Crippen molar-refractivity contribution in [1.82, 2.24) is 10.6 Å². The monoisotopic (exact) mass is 303 g/mol. The van der Waals surface area contributed by atoms with Crippen molar-refractivity contribution in [3.8, 4) is 0 Å². The van der Waals surface area contributed by atoms with Crippen molar-refractivity contribution >= 4 is 11.7 Å². The highest BCUT2D eigenvalue weighted by Crippen LogP contribution is 2.24. The van der Waals surface area contributed by atoms with E-state index < -0.39 is 0 Å². The van der Waals surface area contributed by atoms with E-state index in [9.17, 15) is 4.79 Å². The van der Waals surface area contributed by atoms with Crippen LogP contribution in [0.3, 0.4) is 0 Å². The van der Waals surface area contributed by atoms with E-state index in [1.165, 1.54) is 18.5 Å². The number of amides is 2. The number of carbonyl (C=O) groups is 1. The summed E-state index contributed by atoms with van der Waals surface area (Å²) in [5.41, 5.74) is 2.43. The van der Waals surface area contributed by atoms with E-state index in [0.717, 1.165) is 31.0 Å². The molecule has 1 aromatic rings. The first-order chi connectivity index (χ1) is 10.6. The van der Waals surface area contributed by atoms with Gasteiger partial charge in [0.15, 0.2) is 0 Å². The summed E-state index contributed by atoms with van der Waals surface area (Å²) in [6.07, 6.45) is 3.56. The van der Waals surface area contributed by atoms with E-state index >= 15 is 0 Å². The average Bonchev–Trinajstić information content (AvgIpc) is 2.53. The second kappa shape index (κ2) is 8.06. The first kappa shape index (κ1) is 16.7. The maximum atomic E-state index is 11.7. The third kappa shape index (κ3) is 4.65. The Balaban J connectivity index is 1.91. The van der Waals surface area contributed by atoms with Gasteiger partial charge in [0.1, 0.15) is 0 Å². The topological polar surface area (TPSA) is 44.4 Å². The molecule has 2 atom stereocenters. The minimum Gasteiger partial charge on any atom is -0.371 e. The Morgan fingerprint density at radius 3 is 2.73 bits per heavy atom. The van der Waals surface area contributed by atoms with Gasteiger partial charge in [-0.15, -0.1) is 0 Å². The van der Waals surface area contributed by atoms with Crippen molar-refractivity contribution in [2.24, 2.45) is 5.92 Å². The smallest absolute Gasteiger partial charge is 0.315 e. The predicted octanol–water partition coefficient (Wildman–Crippen LogP) is 3.69. The minimum absolute atomic E-state index is 0.0196. The van der Waals surface area contributed by atoms with Crippen molar-refractivity contribution in [3.05, 3.63) is 29.8 Å². The number of anilines is 1. The SMILES string of the molecule is CCCNC(=O)N[C@H](C)c1ccc(N2CCC[C@H](C)C2)cc1. The Bertz CT molecular complexity index is 472. The molecule has 1 saturated heterocycles. The highest BCUT2D eigenvalue weighted by atomic mass is 16.2. The number of piperidine rings is 1. The van der Waals surface area contributed by atoms with Crippen molar-refractivity contribution in [3.63, 3.8) is 0 Å². The summed E-state index contributed by atoms with van der Waals surface area (Å²) in [6.45, 7) is 9.39. The molecule has 0 unspecified atom stereocenters. The molecule has 2 amide bonds. The Morgan fingerprint density at radius 1 is 1.36 bits per heavy atom. The van der Waals surface area contributed by atoms with Crippen LogP contribution in [0.25, 0.3) is 0 Å². The molecular weight excluding hydrogens is 274 g/mol. The van der Waals surface area contributed by atoms with Crippen LogP contribution in [0, 0.1) is 5.92 Å². The lowest BCUT2D eigenvalue weighted by molar-refractivity contribution is 0.238. The van der Waals surface area contributed by atoms with Crippen LogP contribution in [-0.2, 0) is 0 Å². The second-order valence-corrected chi connectivity index (χ2v) is 6.41. The molecule has 0 saturated carbocycles. The summed E-state index contributed by atoms with van der Waals surface area (Å²) < 4.78 is 0. The van der Waals surface area contributed by atoms with Crippen LogP contribution >= 0.6 is 0 Å². The second-order valence-electron chi connectivity index (χ2n) is 6.41. The van der Waals surface area contributed by atoms with Crippen LogP contribution < -0.4 is 15.5 Å². The van der Waals surface area contributed by atoms with Crippen molar-refractivity contribution in [2.45, 2.75) is 46.1 Å². The zero-order chi connectivity index (χ0) is 15.9. The van der Waals surface area contributed by atoms with Gasteiger partial charge in [-0.2, -0.15) is 0 Å². The molecule has 1 aliphatic heterocycles. The lowest BCUT2D eigenvalue weighted by atomic mass is 9.99. The Hall–Kier alpha value is -1.71. The molecule has 0 bridgehead atoms. The lowest BCUT2D eigenvalue weighted by Crippen LogP contribution is -2.37. The third-order valence-corrected chi connectivity index (χ3v) is 4.30. The summed E-state index contributed by atoms with van der Waals surface area (Å²) in [5.74, 6) is 0.774. The van der Waals surface area contributed by atoms with Crippen LogP contribution in [0.15, 0.2) is 24.3 Å². The molecular formula is C18H29N3O. The van der Waals surface area contributed by atoms with E-state index in [2.05, 4.69) is 46.7 Å². The van der Waals surface area contributed by atoms with Gasteiger partial charge < -0.3 is 15.5 Å². The molecule has 2 rings (SSSR count). The maximum Gasteiger partial charge on any atom is 0.315 e. The van der Waals surface area contributed by atoms with E-state index in [-0.39, 0.29) is 12.1 Å². The minimum atomic E-state index is -0.0942. The first-order valence-electron chi connectivity index (χ1n) is 8.49. The predicted molar refractivity (Wildman–Crippen MR) is 92.3 cm³/mol. The van der Waals surface area contributed by atoms with Gasteiger partial charge in [0.2, 0.25) is 0 Å². The highest BCUT2D eigenvalue weighted by Gasteiger charge is 2.17. The van der Waals surface area contributed by atoms with Gasteiger partial charge in [-0.05, 0) is 49.8 Å². The number of nitrogens with one attached hydrogen (secondary N) is 2. The quantitative estimate of drug-likeness (QED) is 0.871. The molecule has 0 aliphatic carbocycles. The molecule has 22 heavy (non-hydrogen) atoms. The van der Waals surface area contributed by atoms with Crippen molar-refractivity contribution in [1.29, 1.82) is 0 Å². The summed E-state index contributed by atoms with van der Waals surface area (Å²) >= 11 is 0. The van der Waals surface area contributed by atoms with Crippen LogP contribution in [-0.4, -0.2) is 25.7 Å². The molecule has 4 nitrogen and oxygen atoms in total. The molecule has 1 fully saturated rings. The molecule has 4 heteroatoms. The fraction of sp³-hybridized carbons (Fsp3) is 0.611. The fourth-order valence-electron chi connectivity index (χ4n) is 2.97. The van der Waals surface area contributed by atoms with Crippen LogP contribution in [0.4, 0.5) is 10.5 Å². The lowest BCUT2D eigenvalue weighted by Gasteiger charge is -2.33.